The van der Waals surface area contributed by atoms with E-state index in [0.717, 1.165) is 0 Å². The minimum absolute atomic E-state index is 0.138. The molecule has 0 fully saturated rings. The van der Waals surface area contributed by atoms with Gasteiger partial charge >= 0.3 is 0 Å². The molecule has 0 saturated carbocycles. The molecule has 5 nitrogen and oxygen atoms in total. The predicted octanol–water partition coefficient (Wildman–Crippen LogP) is 0.542. The Bertz CT molecular complexity index is 255. The van der Waals surface area contributed by atoms with Crippen molar-refractivity contribution < 1.29 is 9.47 Å². The molecule has 0 unspecified atom stereocenters. The molecule has 1 aromatic heterocycles. The van der Waals surface area contributed by atoms with E-state index in [-0.39, 0.29) is 11.0 Å². The van der Waals surface area contributed by atoms with Gasteiger partial charge in [-0.2, -0.15) is 0 Å². The van der Waals surface area contributed by atoms with Crippen molar-refractivity contribution in [2.45, 2.75) is 0 Å². The summed E-state index contributed by atoms with van der Waals surface area (Å²) >= 11 is 5.59. The quantitative estimate of drug-likeness (QED) is 0.657. The highest BCUT2D eigenvalue weighted by molar-refractivity contribution is 6.30. The first-order chi connectivity index (χ1) is 5.29. The van der Waals surface area contributed by atoms with Crippen LogP contribution in [0.5, 0.6) is 11.6 Å². The highest BCUT2D eigenvalue weighted by atomic mass is 35.5. The Morgan fingerprint density at radius 3 is 2.36 bits per heavy atom. The lowest BCUT2D eigenvalue weighted by molar-refractivity contribution is 0.334. The van der Waals surface area contributed by atoms with Gasteiger partial charge in [0.15, 0.2) is 0 Å². The van der Waals surface area contributed by atoms with Crippen molar-refractivity contribution in [2.75, 3.05) is 14.2 Å². The van der Waals surface area contributed by atoms with Crippen molar-refractivity contribution in [1.29, 1.82) is 0 Å². The second-order valence-corrected chi connectivity index (χ2v) is 1.98. The second-order valence-electron chi connectivity index (χ2n) is 1.62. The first-order valence-corrected chi connectivity index (χ1v) is 3.14. The molecule has 0 atom stereocenters. The number of rotatable bonds is 2. The number of ether oxygens (including phenoxy) is 2. The van der Waals surface area contributed by atoms with Crippen molar-refractivity contribution in [3.8, 4) is 11.6 Å². The van der Waals surface area contributed by atoms with Crippen LogP contribution in [0.25, 0.3) is 0 Å². The summed E-state index contributed by atoms with van der Waals surface area (Å²) in [4.78, 5) is 0. The van der Waals surface area contributed by atoms with E-state index in [1.165, 1.54) is 14.2 Å². The van der Waals surface area contributed by atoms with Crippen molar-refractivity contribution in [3.05, 3.63) is 5.15 Å². The van der Waals surface area contributed by atoms with Crippen LogP contribution in [-0.2, 0) is 0 Å². The molecule has 0 aliphatic carbocycles. The van der Waals surface area contributed by atoms with Crippen LogP contribution in [0.15, 0.2) is 0 Å². The van der Waals surface area contributed by atoms with Crippen LogP contribution in [-0.4, -0.2) is 29.6 Å². The maximum atomic E-state index is 5.59. The van der Waals surface area contributed by atoms with Gasteiger partial charge in [-0.05, 0) is 5.21 Å². The number of halogens is 1. The van der Waals surface area contributed by atoms with Crippen molar-refractivity contribution in [1.82, 2.24) is 15.4 Å². The molecular formula is C5H6ClN3O2. The van der Waals surface area contributed by atoms with Gasteiger partial charge < -0.3 is 9.47 Å². The third-order valence-corrected chi connectivity index (χ3v) is 1.29. The van der Waals surface area contributed by atoms with Crippen LogP contribution in [0, 0.1) is 0 Å². The normalized spacial score (nSPS) is 9.36. The maximum Gasteiger partial charge on any atom is 0.281 e. The molecule has 1 rings (SSSR count). The largest absolute Gasteiger partial charge is 0.489 e. The lowest BCUT2D eigenvalue weighted by Gasteiger charge is -2.03. The summed E-state index contributed by atoms with van der Waals surface area (Å²) < 4.78 is 9.64. The molecule has 0 amide bonds. The molecule has 0 spiro atoms. The number of hydrogen-bond acceptors (Lipinski definition) is 5. The van der Waals surface area contributed by atoms with E-state index in [2.05, 4.69) is 15.4 Å². The Balaban J connectivity index is 3.13. The van der Waals surface area contributed by atoms with E-state index >= 15 is 0 Å². The SMILES string of the molecule is COc1nnnc(Cl)c1OC. The summed E-state index contributed by atoms with van der Waals surface area (Å²) in [6.45, 7) is 0. The lowest BCUT2D eigenvalue weighted by atomic mass is 10.6. The van der Waals surface area contributed by atoms with Gasteiger partial charge in [0.25, 0.3) is 5.88 Å². The van der Waals surface area contributed by atoms with Crippen LogP contribution in [0.4, 0.5) is 0 Å². The first kappa shape index (κ1) is 8.00. The van der Waals surface area contributed by atoms with E-state index in [1.54, 1.807) is 0 Å². The molecule has 1 aromatic rings. The average molecular weight is 176 g/mol. The summed E-state index contributed by atoms with van der Waals surface area (Å²) in [6, 6.07) is 0. The summed E-state index contributed by atoms with van der Waals surface area (Å²) in [5.41, 5.74) is 0. The van der Waals surface area contributed by atoms with Gasteiger partial charge in [-0.3, -0.25) is 0 Å². The Hall–Kier alpha value is -1.10. The fourth-order valence-corrected chi connectivity index (χ4v) is 0.778. The molecular weight excluding hydrogens is 170 g/mol. The predicted molar refractivity (Wildman–Crippen MR) is 37.9 cm³/mol. The Kier molecular flexibility index (Phi) is 2.43. The lowest BCUT2D eigenvalue weighted by Crippen LogP contribution is -1.98. The van der Waals surface area contributed by atoms with Gasteiger partial charge in [-0.25, -0.2) is 0 Å². The molecule has 11 heavy (non-hydrogen) atoms. The number of nitrogens with zero attached hydrogens (tertiary/aromatic N) is 3. The zero-order valence-electron chi connectivity index (χ0n) is 6.04. The molecule has 60 valence electrons. The van der Waals surface area contributed by atoms with Crippen LogP contribution < -0.4 is 9.47 Å². The minimum Gasteiger partial charge on any atom is -0.489 e. The maximum absolute atomic E-state index is 5.59. The molecule has 0 aromatic carbocycles. The zero-order valence-corrected chi connectivity index (χ0v) is 6.79. The third kappa shape index (κ3) is 1.48. The third-order valence-electron chi connectivity index (χ3n) is 1.05. The smallest absolute Gasteiger partial charge is 0.281 e. The molecule has 0 N–H and O–H groups in total. The summed E-state index contributed by atoms with van der Waals surface area (Å²) in [5, 5.41) is 10.5. The molecule has 0 saturated heterocycles. The standard InChI is InChI=1S/C5H6ClN3O2/c1-10-3-4(6)7-9-8-5(3)11-2/h1-2H3. The number of aromatic nitrogens is 3. The monoisotopic (exact) mass is 175 g/mol. The van der Waals surface area contributed by atoms with Crippen LogP contribution in [0.2, 0.25) is 5.15 Å². The molecule has 1 heterocycles. The fourth-order valence-electron chi connectivity index (χ4n) is 0.586. The van der Waals surface area contributed by atoms with E-state index in [9.17, 15) is 0 Å². The summed E-state index contributed by atoms with van der Waals surface area (Å²) in [6.07, 6.45) is 0. The first-order valence-electron chi connectivity index (χ1n) is 2.76. The fraction of sp³-hybridized carbons (Fsp3) is 0.400. The van der Waals surface area contributed by atoms with Gasteiger partial charge in [0.1, 0.15) is 0 Å². The molecule has 0 radical (unpaired) electrons. The highest BCUT2D eigenvalue weighted by Crippen LogP contribution is 2.28. The van der Waals surface area contributed by atoms with Crippen LogP contribution in [0.3, 0.4) is 0 Å². The number of hydrogen-bond donors (Lipinski definition) is 0. The number of methoxy groups -OCH3 is 2. The van der Waals surface area contributed by atoms with Gasteiger partial charge in [0.05, 0.1) is 14.2 Å². The van der Waals surface area contributed by atoms with Gasteiger partial charge in [0.2, 0.25) is 10.9 Å². The topological polar surface area (TPSA) is 57.1 Å². The average Bonchev–Trinajstić information content (AvgIpc) is 2.04. The van der Waals surface area contributed by atoms with Crippen molar-refractivity contribution in [3.63, 3.8) is 0 Å². The summed E-state index contributed by atoms with van der Waals surface area (Å²) in [5.74, 6) is 0.525. The van der Waals surface area contributed by atoms with Gasteiger partial charge in [-0.15, -0.1) is 5.10 Å². The van der Waals surface area contributed by atoms with Crippen LogP contribution >= 0.6 is 11.6 Å². The van der Waals surface area contributed by atoms with E-state index in [4.69, 9.17) is 21.1 Å². The highest BCUT2D eigenvalue weighted by Gasteiger charge is 2.10. The van der Waals surface area contributed by atoms with Crippen LogP contribution in [0.1, 0.15) is 0 Å². The van der Waals surface area contributed by atoms with E-state index in [0.29, 0.717) is 5.75 Å². The summed E-state index contributed by atoms with van der Waals surface area (Å²) in [7, 11) is 2.90. The molecule has 0 bridgehead atoms. The van der Waals surface area contributed by atoms with Crippen molar-refractivity contribution in [2.24, 2.45) is 0 Å². The Morgan fingerprint density at radius 1 is 1.18 bits per heavy atom. The zero-order chi connectivity index (χ0) is 8.27. The molecule has 0 aliphatic heterocycles. The Morgan fingerprint density at radius 2 is 1.91 bits per heavy atom. The Labute approximate surface area is 68.3 Å². The molecule has 6 heteroatoms. The van der Waals surface area contributed by atoms with Crippen molar-refractivity contribution >= 4 is 11.6 Å². The van der Waals surface area contributed by atoms with E-state index in [1.807, 2.05) is 0 Å². The second kappa shape index (κ2) is 3.34. The minimum atomic E-state index is 0.138. The molecule has 0 aliphatic rings. The van der Waals surface area contributed by atoms with E-state index < -0.39 is 0 Å². The van der Waals surface area contributed by atoms with Gasteiger partial charge in [0, 0.05) is 0 Å². The van der Waals surface area contributed by atoms with Gasteiger partial charge in [-0.1, -0.05) is 16.7 Å².